The van der Waals surface area contributed by atoms with Crippen molar-refractivity contribution in [3.8, 4) is 0 Å². The minimum atomic E-state index is -0.125. The fourth-order valence-corrected chi connectivity index (χ4v) is 1.35. The Morgan fingerprint density at radius 2 is 0.852 bits per heavy atom. The van der Waals surface area contributed by atoms with Crippen LogP contribution in [0, 0.1) is 0 Å². The topological polar surface area (TPSA) is 49.7 Å². The van der Waals surface area contributed by atoms with E-state index in [-0.39, 0.29) is 13.2 Å². The first kappa shape index (κ1) is 40.5. The van der Waals surface area contributed by atoms with Crippen LogP contribution in [0.2, 0.25) is 0 Å². The molecule has 0 fully saturated rings. The molecule has 0 amide bonds. The highest BCUT2D eigenvalue weighted by molar-refractivity contribution is 4.54. The van der Waals surface area contributed by atoms with E-state index in [4.69, 9.17) is 14.9 Å². The summed E-state index contributed by atoms with van der Waals surface area (Å²) in [5, 5.41) is 15.2. The second-order valence-corrected chi connectivity index (χ2v) is 5.41. The van der Waals surface area contributed by atoms with Crippen molar-refractivity contribution in [2.24, 2.45) is 0 Å². The van der Waals surface area contributed by atoms with Crippen molar-refractivity contribution in [3.63, 3.8) is 0 Å². The van der Waals surface area contributed by atoms with E-state index >= 15 is 0 Å². The summed E-state index contributed by atoms with van der Waals surface area (Å²) in [5.74, 6) is 0. The number of rotatable bonds is 7. The average molecular weight is 389 g/mol. The summed E-state index contributed by atoms with van der Waals surface area (Å²) in [6.45, 7) is 29.5. The van der Waals surface area contributed by atoms with Crippen molar-refractivity contribution in [1.82, 2.24) is 0 Å². The molecule has 3 nitrogen and oxygen atoms in total. The molecule has 0 aliphatic rings. The summed E-state index contributed by atoms with van der Waals surface area (Å²) in [5.41, 5.74) is 0. The molecule has 0 radical (unpaired) electrons. The maximum absolute atomic E-state index is 7.62. The highest BCUT2D eigenvalue weighted by Gasteiger charge is 2.05. The first-order valence-electron chi connectivity index (χ1n) is 9.93. The van der Waals surface area contributed by atoms with E-state index in [1.54, 1.807) is 24.3 Å². The molecular weight excluding hydrogens is 336 g/mol. The zero-order valence-corrected chi connectivity index (χ0v) is 19.8. The molecule has 0 bridgehead atoms. The van der Waals surface area contributed by atoms with Crippen molar-refractivity contribution >= 4 is 0 Å². The van der Waals surface area contributed by atoms with Crippen LogP contribution in [0.1, 0.15) is 81.1 Å². The van der Waals surface area contributed by atoms with Crippen molar-refractivity contribution < 1.29 is 14.9 Å². The fraction of sp³-hybridized carbons (Fsp3) is 0.667. The molecule has 0 aliphatic carbocycles. The predicted molar refractivity (Wildman–Crippen MR) is 127 cm³/mol. The quantitative estimate of drug-likeness (QED) is 0.456. The molecule has 0 spiro atoms. The summed E-state index contributed by atoms with van der Waals surface area (Å²) in [4.78, 5) is 0. The normalized spacial score (nSPS) is 9.70. The van der Waals surface area contributed by atoms with Gasteiger partial charge in [0.25, 0.3) is 0 Å². The molecule has 2 N–H and O–H groups in total. The number of allylic oxidation sites excluding steroid dienone is 4. The lowest BCUT2D eigenvalue weighted by atomic mass is 10.2. The Balaban J connectivity index is -0.0000000572. The van der Waals surface area contributed by atoms with Gasteiger partial charge in [-0.2, -0.15) is 0 Å². The monoisotopic (exact) mass is 388 g/mol. The Morgan fingerprint density at radius 3 is 0.963 bits per heavy atom. The maximum atomic E-state index is 7.62. The van der Waals surface area contributed by atoms with E-state index in [1.165, 1.54) is 25.7 Å². The molecule has 0 saturated heterocycles. The predicted octanol–water partition coefficient (Wildman–Crippen LogP) is 7.12. The molecule has 0 aromatic rings. The molecule has 2 unspecified atom stereocenters. The van der Waals surface area contributed by atoms with E-state index in [9.17, 15) is 0 Å². The Bertz CT molecular complexity index is 202. The molecule has 0 aromatic heterocycles. The lowest BCUT2D eigenvalue weighted by Crippen LogP contribution is -2.16. The van der Waals surface area contributed by atoms with Crippen molar-refractivity contribution in [2.45, 2.75) is 93.3 Å². The van der Waals surface area contributed by atoms with Gasteiger partial charge in [0.15, 0.2) is 0 Å². The van der Waals surface area contributed by atoms with Crippen molar-refractivity contribution in [2.75, 3.05) is 13.2 Å². The highest BCUT2D eigenvalue weighted by Crippen LogP contribution is 2.08. The zero-order chi connectivity index (χ0) is 22.9. The molecule has 27 heavy (non-hydrogen) atoms. The van der Waals surface area contributed by atoms with Gasteiger partial charge in [0.1, 0.15) is 0 Å². The third-order valence-corrected chi connectivity index (χ3v) is 1.96. The smallest absolute Gasteiger partial charge is 0.0662 e. The number of aliphatic hydroxyl groups is 2. The number of hydrogen-bond donors (Lipinski definition) is 2. The molecule has 0 rings (SSSR count). The molecule has 0 aliphatic heterocycles. The minimum Gasteiger partial charge on any atom is -0.394 e. The molecule has 2 atom stereocenters. The van der Waals surface area contributed by atoms with Gasteiger partial charge in [-0.05, 0) is 54.4 Å². The maximum Gasteiger partial charge on any atom is 0.0662 e. The molecule has 0 aromatic carbocycles. The van der Waals surface area contributed by atoms with Crippen LogP contribution in [0.4, 0.5) is 0 Å². The summed E-state index contributed by atoms with van der Waals surface area (Å²) < 4.78 is 5.73. The number of hydrogen-bond acceptors (Lipinski definition) is 3. The fourth-order valence-electron chi connectivity index (χ4n) is 1.35. The van der Waals surface area contributed by atoms with Crippen LogP contribution in [0.25, 0.3) is 0 Å². The minimum absolute atomic E-state index is 0.125. The average Bonchev–Trinajstić information content (AvgIpc) is 2.58. The summed E-state index contributed by atoms with van der Waals surface area (Å²) in [7, 11) is 0. The van der Waals surface area contributed by atoms with Crippen LogP contribution in [-0.2, 0) is 4.74 Å². The van der Waals surface area contributed by atoms with Crippen LogP contribution >= 0.6 is 0 Å². The Morgan fingerprint density at radius 1 is 0.667 bits per heavy atom. The van der Waals surface area contributed by atoms with E-state index < -0.39 is 0 Å². The first-order chi connectivity index (χ1) is 12.8. The molecule has 0 saturated carbocycles. The first-order valence-corrected chi connectivity index (χ1v) is 9.93. The largest absolute Gasteiger partial charge is 0.394 e. The number of aliphatic hydroxyl groups excluding tert-OH is 2. The molecule has 3 heteroatoms. The third-order valence-electron chi connectivity index (χ3n) is 1.96. The van der Waals surface area contributed by atoms with Gasteiger partial charge in [0.2, 0.25) is 0 Å². The van der Waals surface area contributed by atoms with Gasteiger partial charge in [0, 0.05) is 0 Å². The zero-order valence-electron chi connectivity index (χ0n) is 19.8. The van der Waals surface area contributed by atoms with Crippen LogP contribution < -0.4 is 0 Å². The SMILES string of the molecule is C=CC.C=CC.C=CC.C=CC.CCCC(C)OC(C)CCC.OCCO. The standard InChI is InChI=1S/C10H22O.4C3H6.C2H6O2/c1-5-7-9(3)11-10(4)8-6-2;4*1-3-2;3-1-2-4/h9-10H,5-8H2,1-4H3;4*3H,1H2,2H3;3-4H,1-2H2. The molecule has 166 valence electrons. The lowest BCUT2D eigenvalue weighted by Gasteiger charge is -2.17. The molecule has 0 heterocycles. The second-order valence-electron chi connectivity index (χ2n) is 5.41. The van der Waals surface area contributed by atoms with Gasteiger partial charge in [-0.15, -0.1) is 26.3 Å². The van der Waals surface area contributed by atoms with Gasteiger partial charge in [0.05, 0.1) is 25.4 Å². The van der Waals surface area contributed by atoms with E-state index in [2.05, 4.69) is 54.0 Å². The Hall–Kier alpha value is -1.16. The second kappa shape index (κ2) is 56.3. The van der Waals surface area contributed by atoms with Gasteiger partial charge in [-0.3, -0.25) is 0 Å². The van der Waals surface area contributed by atoms with E-state index in [1.807, 2.05) is 27.7 Å². The van der Waals surface area contributed by atoms with E-state index in [0.717, 1.165) is 0 Å². The van der Waals surface area contributed by atoms with Gasteiger partial charge in [-0.1, -0.05) is 51.0 Å². The van der Waals surface area contributed by atoms with Gasteiger partial charge in [-0.25, -0.2) is 0 Å². The van der Waals surface area contributed by atoms with Gasteiger partial charge < -0.3 is 14.9 Å². The van der Waals surface area contributed by atoms with Crippen LogP contribution in [-0.4, -0.2) is 35.6 Å². The Kier molecular flexibility index (Phi) is 84.4. The van der Waals surface area contributed by atoms with Crippen LogP contribution in [0.5, 0.6) is 0 Å². The summed E-state index contributed by atoms with van der Waals surface area (Å²) >= 11 is 0. The van der Waals surface area contributed by atoms with Crippen LogP contribution in [0.3, 0.4) is 0 Å². The van der Waals surface area contributed by atoms with E-state index in [0.29, 0.717) is 12.2 Å². The van der Waals surface area contributed by atoms with Gasteiger partial charge >= 0.3 is 0 Å². The summed E-state index contributed by atoms with van der Waals surface area (Å²) in [6, 6.07) is 0. The number of ether oxygens (including phenoxy) is 1. The summed E-state index contributed by atoms with van der Waals surface area (Å²) in [6.07, 6.45) is 12.7. The third kappa shape index (κ3) is 134. The molecular formula is C24H52O3. The van der Waals surface area contributed by atoms with Crippen molar-refractivity contribution in [3.05, 3.63) is 50.6 Å². The lowest BCUT2D eigenvalue weighted by molar-refractivity contribution is -0.000492. The van der Waals surface area contributed by atoms with Crippen LogP contribution in [0.15, 0.2) is 50.6 Å². The van der Waals surface area contributed by atoms with Crippen molar-refractivity contribution in [1.29, 1.82) is 0 Å². The highest BCUT2D eigenvalue weighted by atomic mass is 16.5. The Labute approximate surface area is 172 Å².